The lowest BCUT2D eigenvalue weighted by molar-refractivity contribution is -0.127. The number of carbonyl (C=O) groups is 1. The van der Waals surface area contributed by atoms with Crippen molar-refractivity contribution in [2.24, 2.45) is 5.92 Å². The third kappa shape index (κ3) is 19.6. The van der Waals surface area contributed by atoms with Gasteiger partial charge in [-0.15, -0.1) is 0 Å². The summed E-state index contributed by atoms with van der Waals surface area (Å²) in [5.41, 5.74) is 0. The van der Waals surface area contributed by atoms with E-state index in [1.807, 2.05) is 13.8 Å². The van der Waals surface area contributed by atoms with Gasteiger partial charge in [-0.05, 0) is 0 Å². The van der Waals surface area contributed by atoms with Crippen LogP contribution in [0.2, 0.25) is 0 Å². The molecule has 0 spiro atoms. The lowest BCUT2D eigenvalue weighted by Crippen LogP contribution is -2.27. The highest BCUT2D eigenvalue weighted by Gasteiger charge is 2.06. The van der Waals surface area contributed by atoms with E-state index in [0.29, 0.717) is 65.5 Å². The molecule has 0 aromatic rings. The molecule has 0 saturated heterocycles. The Morgan fingerprint density at radius 1 is 0.680 bits per heavy atom. The fourth-order valence-corrected chi connectivity index (χ4v) is 1.64. The van der Waals surface area contributed by atoms with Gasteiger partial charge in [-0.3, -0.25) is 4.79 Å². The Balaban J connectivity index is 3.06. The lowest BCUT2D eigenvalue weighted by Gasteiger charge is -2.09. The second kappa shape index (κ2) is 18.2. The average Bonchev–Trinajstić information content (AvgIpc) is 2.57. The molecule has 0 radical (unpaired) electrons. The molecule has 0 fully saturated rings. The molecule has 1 N–H and O–H groups in total. The molecule has 0 rings (SSSR count). The predicted octanol–water partition coefficient (Wildman–Crippen LogP) is 1.29. The Hall–Kier alpha value is -0.570. The Bertz CT molecular complexity index is 299. The van der Waals surface area contributed by atoms with Gasteiger partial charge in [0.2, 0.25) is 0 Å². The zero-order chi connectivity index (χ0) is 18.8. The maximum atomic E-state index is 11.3. The standard InChI is InChI=1S/C18H37NO6/c1-16(2)18(20)15-25-14-13-24-12-11-23-10-9-22-8-7-21-6-5-19-17(3)4/h16-17,19H,5-15H2,1-4H3. The van der Waals surface area contributed by atoms with Crippen LogP contribution < -0.4 is 5.32 Å². The van der Waals surface area contributed by atoms with Crippen LogP contribution in [-0.2, 0) is 28.5 Å². The molecule has 7 heteroatoms. The van der Waals surface area contributed by atoms with Crippen LogP contribution in [0, 0.1) is 5.92 Å². The minimum atomic E-state index is 0.0185. The minimum absolute atomic E-state index is 0.0185. The van der Waals surface area contributed by atoms with Crippen molar-refractivity contribution < 1.29 is 28.5 Å². The maximum Gasteiger partial charge on any atom is 0.160 e. The summed E-state index contributed by atoms with van der Waals surface area (Å²) in [6.45, 7) is 13.8. The molecule has 0 amide bonds. The van der Waals surface area contributed by atoms with Crippen molar-refractivity contribution in [1.82, 2.24) is 5.32 Å². The van der Waals surface area contributed by atoms with Gasteiger partial charge < -0.3 is 29.0 Å². The van der Waals surface area contributed by atoms with Crippen molar-refractivity contribution >= 4 is 5.78 Å². The van der Waals surface area contributed by atoms with Gasteiger partial charge in [-0.2, -0.15) is 0 Å². The van der Waals surface area contributed by atoms with Crippen molar-refractivity contribution in [1.29, 1.82) is 0 Å². The van der Waals surface area contributed by atoms with E-state index in [1.54, 1.807) is 0 Å². The van der Waals surface area contributed by atoms with Crippen molar-refractivity contribution in [2.45, 2.75) is 33.7 Å². The lowest BCUT2D eigenvalue weighted by atomic mass is 10.1. The summed E-state index contributed by atoms with van der Waals surface area (Å²) in [5, 5.41) is 3.28. The van der Waals surface area contributed by atoms with E-state index < -0.39 is 0 Å². The quantitative estimate of drug-likeness (QED) is 0.347. The molecule has 150 valence electrons. The molecule has 0 aromatic carbocycles. The second-order valence-corrected chi connectivity index (χ2v) is 6.23. The molecule has 25 heavy (non-hydrogen) atoms. The number of rotatable bonds is 19. The SMILES string of the molecule is CC(C)NCCOCCOCCOCCOCCOCC(=O)C(C)C. The summed E-state index contributed by atoms with van der Waals surface area (Å²) < 4.78 is 26.8. The van der Waals surface area contributed by atoms with Gasteiger partial charge in [0.25, 0.3) is 0 Å². The molecule has 0 aliphatic heterocycles. The summed E-state index contributed by atoms with van der Waals surface area (Å²) in [7, 11) is 0. The van der Waals surface area contributed by atoms with Gasteiger partial charge in [0, 0.05) is 18.5 Å². The monoisotopic (exact) mass is 363 g/mol. The van der Waals surface area contributed by atoms with Gasteiger partial charge in [-0.1, -0.05) is 27.7 Å². The van der Waals surface area contributed by atoms with E-state index in [2.05, 4.69) is 19.2 Å². The smallest absolute Gasteiger partial charge is 0.160 e. The second-order valence-electron chi connectivity index (χ2n) is 6.23. The molecular formula is C18H37NO6. The molecule has 0 aliphatic carbocycles. The molecule has 0 heterocycles. The predicted molar refractivity (Wildman–Crippen MR) is 97.1 cm³/mol. The third-order valence-corrected chi connectivity index (χ3v) is 3.18. The van der Waals surface area contributed by atoms with Gasteiger partial charge in [-0.25, -0.2) is 0 Å². The zero-order valence-electron chi connectivity index (χ0n) is 16.4. The van der Waals surface area contributed by atoms with Crippen molar-refractivity contribution in [2.75, 3.05) is 72.6 Å². The highest BCUT2D eigenvalue weighted by molar-refractivity contribution is 5.81. The first-order valence-corrected chi connectivity index (χ1v) is 9.18. The highest BCUT2D eigenvalue weighted by Crippen LogP contribution is 1.94. The molecule has 0 unspecified atom stereocenters. The fourth-order valence-electron chi connectivity index (χ4n) is 1.64. The molecule has 7 nitrogen and oxygen atoms in total. The number of nitrogens with one attached hydrogen (secondary N) is 1. The Labute approximate surface area is 152 Å². The zero-order valence-corrected chi connectivity index (χ0v) is 16.4. The summed E-state index contributed by atoms with van der Waals surface area (Å²) in [4.78, 5) is 11.3. The molecule has 0 bridgehead atoms. The van der Waals surface area contributed by atoms with Crippen LogP contribution in [0.5, 0.6) is 0 Å². The van der Waals surface area contributed by atoms with Crippen LogP contribution in [0.15, 0.2) is 0 Å². The van der Waals surface area contributed by atoms with E-state index >= 15 is 0 Å². The van der Waals surface area contributed by atoms with E-state index in [-0.39, 0.29) is 18.3 Å². The normalized spacial score (nSPS) is 11.6. The average molecular weight is 363 g/mol. The van der Waals surface area contributed by atoms with Crippen LogP contribution in [0.4, 0.5) is 0 Å². The summed E-state index contributed by atoms with van der Waals surface area (Å²) in [6.07, 6.45) is 0. The molecule has 0 aliphatic rings. The number of hydrogen-bond acceptors (Lipinski definition) is 7. The largest absolute Gasteiger partial charge is 0.378 e. The van der Waals surface area contributed by atoms with Crippen molar-refractivity contribution in [3.8, 4) is 0 Å². The molecule has 0 saturated carbocycles. The van der Waals surface area contributed by atoms with Crippen LogP contribution in [-0.4, -0.2) is 84.4 Å². The van der Waals surface area contributed by atoms with Gasteiger partial charge in [0.1, 0.15) is 6.61 Å². The number of ketones is 1. The highest BCUT2D eigenvalue weighted by atomic mass is 16.6. The minimum Gasteiger partial charge on any atom is -0.378 e. The van der Waals surface area contributed by atoms with Crippen LogP contribution >= 0.6 is 0 Å². The van der Waals surface area contributed by atoms with Crippen molar-refractivity contribution in [3.63, 3.8) is 0 Å². The number of ether oxygens (including phenoxy) is 5. The van der Waals surface area contributed by atoms with Crippen LogP contribution in [0.25, 0.3) is 0 Å². The maximum absolute atomic E-state index is 11.3. The number of hydrogen-bond donors (Lipinski definition) is 1. The Kier molecular flexibility index (Phi) is 17.8. The molecule has 0 aromatic heterocycles. The summed E-state index contributed by atoms with van der Waals surface area (Å²) in [6, 6.07) is 0.489. The van der Waals surface area contributed by atoms with Crippen molar-refractivity contribution in [3.05, 3.63) is 0 Å². The summed E-state index contributed by atoms with van der Waals surface area (Å²) >= 11 is 0. The third-order valence-electron chi connectivity index (χ3n) is 3.18. The van der Waals surface area contributed by atoms with Gasteiger partial charge in [0.15, 0.2) is 5.78 Å². The number of carbonyl (C=O) groups excluding carboxylic acids is 1. The first-order chi connectivity index (χ1) is 12.0. The van der Waals surface area contributed by atoms with Gasteiger partial charge in [0.05, 0.1) is 59.5 Å². The Morgan fingerprint density at radius 2 is 1.08 bits per heavy atom. The van der Waals surface area contributed by atoms with Crippen LogP contribution in [0.3, 0.4) is 0 Å². The Morgan fingerprint density at radius 3 is 1.48 bits per heavy atom. The molecular weight excluding hydrogens is 326 g/mol. The van der Waals surface area contributed by atoms with E-state index in [9.17, 15) is 4.79 Å². The van der Waals surface area contributed by atoms with E-state index in [1.165, 1.54) is 0 Å². The fraction of sp³-hybridized carbons (Fsp3) is 0.944. The van der Waals surface area contributed by atoms with Crippen LogP contribution in [0.1, 0.15) is 27.7 Å². The summed E-state index contributed by atoms with van der Waals surface area (Å²) in [5.74, 6) is 0.131. The number of Topliss-reactive ketones (excluding diaryl/α,β-unsaturated/α-hetero) is 1. The first kappa shape index (κ1) is 24.4. The topological polar surface area (TPSA) is 75.2 Å². The molecule has 0 atom stereocenters. The first-order valence-electron chi connectivity index (χ1n) is 9.18. The van der Waals surface area contributed by atoms with Gasteiger partial charge >= 0.3 is 0 Å². The van der Waals surface area contributed by atoms with E-state index in [4.69, 9.17) is 23.7 Å². The van der Waals surface area contributed by atoms with E-state index in [0.717, 1.165) is 6.54 Å².